The molecule has 1 saturated heterocycles. The van der Waals surface area contributed by atoms with E-state index in [1.54, 1.807) is 0 Å². The van der Waals surface area contributed by atoms with Crippen LogP contribution in [0.2, 0.25) is 0 Å². The smallest absolute Gasteiger partial charge is 0.194 e. The number of hydrogen-bond acceptors (Lipinski definition) is 4. The van der Waals surface area contributed by atoms with Crippen molar-refractivity contribution >= 4 is 5.96 Å². The standard InChI is InChI=1S/C17H32N6O/c1-7-18-16(19-13-17(2,3)21(4)5)23-8-9-24-15(12-23)14-10-20-22(6)11-14/h10-11,15H,7-9,12-13H2,1-6H3,(H,18,19). The molecule has 24 heavy (non-hydrogen) atoms. The van der Waals surface area contributed by atoms with Gasteiger partial charge in [0.2, 0.25) is 0 Å². The topological polar surface area (TPSA) is 57.9 Å². The Balaban J connectivity index is 2.09. The maximum Gasteiger partial charge on any atom is 0.194 e. The van der Waals surface area contributed by atoms with E-state index < -0.39 is 0 Å². The first-order chi connectivity index (χ1) is 11.3. The minimum absolute atomic E-state index is 0.0235. The summed E-state index contributed by atoms with van der Waals surface area (Å²) >= 11 is 0. The fraction of sp³-hybridized carbons (Fsp3) is 0.765. The van der Waals surface area contributed by atoms with Crippen molar-refractivity contribution in [2.75, 3.05) is 46.9 Å². The second kappa shape index (κ2) is 7.98. The van der Waals surface area contributed by atoms with Crippen molar-refractivity contribution in [2.45, 2.75) is 32.4 Å². The molecule has 7 heteroatoms. The summed E-state index contributed by atoms with van der Waals surface area (Å²) in [6, 6.07) is 0. The fourth-order valence-electron chi connectivity index (χ4n) is 2.49. The van der Waals surface area contributed by atoms with E-state index in [0.29, 0.717) is 6.61 Å². The summed E-state index contributed by atoms with van der Waals surface area (Å²) in [6.45, 7) is 10.5. The van der Waals surface area contributed by atoms with Gasteiger partial charge in [0.05, 0.1) is 25.9 Å². The van der Waals surface area contributed by atoms with Crippen LogP contribution >= 0.6 is 0 Å². The van der Waals surface area contributed by atoms with E-state index in [4.69, 9.17) is 9.73 Å². The van der Waals surface area contributed by atoms with Gasteiger partial charge < -0.3 is 19.9 Å². The van der Waals surface area contributed by atoms with Gasteiger partial charge in [-0.1, -0.05) is 0 Å². The molecule has 1 N–H and O–H groups in total. The molecule has 1 atom stereocenters. The van der Waals surface area contributed by atoms with Crippen LogP contribution in [0.25, 0.3) is 0 Å². The van der Waals surface area contributed by atoms with Gasteiger partial charge in [-0.3, -0.25) is 9.67 Å². The number of rotatable bonds is 5. The molecule has 0 spiro atoms. The molecule has 2 rings (SSSR count). The molecule has 1 aromatic heterocycles. The van der Waals surface area contributed by atoms with Crippen molar-refractivity contribution < 1.29 is 4.74 Å². The Labute approximate surface area is 145 Å². The Morgan fingerprint density at radius 2 is 2.25 bits per heavy atom. The Morgan fingerprint density at radius 3 is 2.83 bits per heavy atom. The summed E-state index contributed by atoms with van der Waals surface area (Å²) in [6.07, 6.45) is 3.94. The van der Waals surface area contributed by atoms with E-state index in [2.05, 4.69) is 55.1 Å². The molecule has 1 aromatic rings. The molecule has 1 aliphatic rings. The van der Waals surface area contributed by atoms with Crippen molar-refractivity contribution in [2.24, 2.45) is 12.0 Å². The number of likely N-dealkylation sites (N-methyl/N-ethyl adjacent to an activating group) is 1. The molecule has 2 heterocycles. The third kappa shape index (κ3) is 4.70. The molecule has 1 fully saturated rings. The van der Waals surface area contributed by atoms with Gasteiger partial charge in [0.25, 0.3) is 0 Å². The third-order valence-electron chi connectivity index (χ3n) is 4.62. The first-order valence-corrected chi connectivity index (χ1v) is 8.64. The summed E-state index contributed by atoms with van der Waals surface area (Å²) in [4.78, 5) is 9.37. The molecule has 0 amide bonds. The zero-order valence-corrected chi connectivity index (χ0v) is 15.9. The highest BCUT2D eigenvalue weighted by molar-refractivity contribution is 5.80. The lowest BCUT2D eigenvalue weighted by atomic mass is 10.1. The van der Waals surface area contributed by atoms with Crippen molar-refractivity contribution in [1.82, 2.24) is 24.9 Å². The van der Waals surface area contributed by atoms with E-state index in [9.17, 15) is 0 Å². The number of ether oxygens (including phenoxy) is 1. The lowest BCUT2D eigenvalue weighted by molar-refractivity contribution is -0.00811. The second-order valence-corrected chi connectivity index (χ2v) is 7.13. The predicted octanol–water partition coefficient (Wildman–Crippen LogP) is 1.10. The van der Waals surface area contributed by atoms with Crippen LogP contribution in [-0.2, 0) is 11.8 Å². The predicted molar refractivity (Wildman–Crippen MR) is 97.2 cm³/mol. The summed E-state index contributed by atoms with van der Waals surface area (Å²) in [5.74, 6) is 0.963. The van der Waals surface area contributed by atoms with E-state index in [-0.39, 0.29) is 11.6 Å². The molecule has 0 radical (unpaired) electrons. The SMILES string of the molecule is CCNC(=NCC(C)(C)N(C)C)N1CCOC(c2cnn(C)c2)C1. The van der Waals surface area contributed by atoms with Crippen LogP contribution in [0.5, 0.6) is 0 Å². The average Bonchev–Trinajstić information content (AvgIpc) is 2.98. The summed E-state index contributed by atoms with van der Waals surface area (Å²) in [5, 5.41) is 7.67. The van der Waals surface area contributed by atoms with Gasteiger partial charge in [0, 0.05) is 37.4 Å². The van der Waals surface area contributed by atoms with E-state index in [1.165, 1.54) is 0 Å². The highest BCUT2D eigenvalue weighted by Crippen LogP contribution is 2.21. The van der Waals surface area contributed by atoms with Crippen molar-refractivity contribution in [1.29, 1.82) is 0 Å². The van der Waals surface area contributed by atoms with Crippen molar-refractivity contribution in [3.63, 3.8) is 0 Å². The molecular weight excluding hydrogens is 304 g/mol. The molecule has 7 nitrogen and oxygen atoms in total. The fourth-order valence-corrected chi connectivity index (χ4v) is 2.49. The number of nitrogens with one attached hydrogen (secondary N) is 1. The molecule has 0 aliphatic carbocycles. The van der Waals surface area contributed by atoms with Gasteiger partial charge in [-0.2, -0.15) is 5.10 Å². The summed E-state index contributed by atoms with van der Waals surface area (Å²) < 4.78 is 7.75. The first kappa shape index (κ1) is 18.7. The van der Waals surface area contributed by atoms with Crippen LogP contribution in [0.15, 0.2) is 17.4 Å². The molecule has 1 unspecified atom stereocenters. The number of guanidine groups is 1. The molecule has 0 saturated carbocycles. The van der Waals surface area contributed by atoms with Crippen LogP contribution in [0, 0.1) is 0 Å². The third-order valence-corrected chi connectivity index (χ3v) is 4.62. The van der Waals surface area contributed by atoms with Crippen molar-refractivity contribution in [3.05, 3.63) is 18.0 Å². The minimum Gasteiger partial charge on any atom is -0.370 e. The quantitative estimate of drug-likeness (QED) is 0.644. The first-order valence-electron chi connectivity index (χ1n) is 8.64. The number of hydrogen-bond donors (Lipinski definition) is 1. The molecule has 1 aliphatic heterocycles. The van der Waals surface area contributed by atoms with Gasteiger partial charge in [0.1, 0.15) is 6.10 Å². The van der Waals surface area contributed by atoms with Crippen LogP contribution in [0.3, 0.4) is 0 Å². The zero-order chi connectivity index (χ0) is 17.7. The van der Waals surface area contributed by atoms with E-state index >= 15 is 0 Å². The number of aromatic nitrogens is 2. The normalized spacial score (nSPS) is 19.9. The van der Waals surface area contributed by atoms with Gasteiger partial charge in [0.15, 0.2) is 5.96 Å². The highest BCUT2D eigenvalue weighted by Gasteiger charge is 2.26. The van der Waals surface area contributed by atoms with Crippen LogP contribution in [0.4, 0.5) is 0 Å². The van der Waals surface area contributed by atoms with Crippen molar-refractivity contribution in [3.8, 4) is 0 Å². The number of morpholine rings is 1. The number of aryl methyl sites for hydroxylation is 1. The minimum atomic E-state index is 0.0235. The largest absolute Gasteiger partial charge is 0.370 e. The average molecular weight is 336 g/mol. The summed E-state index contributed by atoms with van der Waals surface area (Å²) in [5.41, 5.74) is 1.14. The molecular formula is C17H32N6O. The van der Waals surface area contributed by atoms with Crippen LogP contribution < -0.4 is 5.32 Å². The summed E-state index contributed by atoms with van der Waals surface area (Å²) in [7, 11) is 6.12. The highest BCUT2D eigenvalue weighted by atomic mass is 16.5. The van der Waals surface area contributed by atoms with Crippen LogP contribution in [0.1, 0.15) is 32.4 Å². The lowest BCUT2D eigenvalue weighted by Gasteiger charge is -2.36. The van der Waals surface area contributed by atoms with Gasteiger partial charge in [-0.15, -0.1) is 0 Å². The second-order valence-electron chi connectivity index (χ2n) is 7.13. The monoisotopic (exact) mass is 336 g/mol. The zero-order valence-electron chi connectivity index (χ0n) is 15.9. The maximum absolute atomic E-state index is 5.93. The van der Waals surface area contributed by atoms with Crippen LogP contribution in [-0.4, -0.2) is 78.0 Å². The number of aliphatic imine (C=N–C) groups is 1. The van der Waals surface area contributed by atoms with E-state index in [0.717, 1.165) is 37.7 Å². The molecule has 136 valence electrons. The van der Waals surface area contributed by atoms with Gasteiger partial charge >= 0.3 is 0 Å². The number of nitrogens with zero attached hydrogens (tertiary/aromatic N) is 5. The Morgan fingerprint density at radius 1 is 1.50 bits per heavy atom. The molecule has 0 aromatic carbocycles. The van der Waals surface area contributed by atoms with Gasteiger partial charge in [-0.05, 0) is 34.9 Å². The maximum atomic E-state index is 5.93. The van der Waals surface area contributed by atoms with E-state index in [1.807, 2.05) is 24.1 Å². The molecule has 0 bridgehead atoms. The lowest BCUT2D eigenvalue weighted by Crippen LogP contribution is -2.49. The Bertz CT molecular complexity index is 551. The van der Waals surface area contributed by atoms with Gasteiger partial charge in [-0.25, -0.2) is 0 Å². The Hall–Kier alpha value is -1.60. The Kier molecular flexibility index (Phi) is 6.23.